The minimum Gasteiger partial charge on any atom is -0.311 e. The maximum Gasteiger partial charge on any atom is 0.264 e. The molecule has 84 heavy (non-hydrogen) atoms. The Morgan fingerprint density at radius 3 is 1.60 bits per heavy atom. The molecule has 16 rings (SSSR count). The Hall–Kier alpha value is -5.06. The lowest BCUT2D eigenvalue weighted by atomic mass is 9.35. The molecule has 9 aliphatic rings. The average Bonchev–Trinajstić information content (AvgIpc) is 1.26. The van der Waals surface area contributed by atoms with Gasteiger partial charge in [0.2, 0.25) is 0 Å². The van der Waals surface area contributed by atoms with E-state index in [4.69, 9.17) is 0 Å². The Labute approximate surface area is 511 Å². The van der Waals surface area contributed by atoms with Gasteiger partial charge in [-0.3, -0.25) is 0 Å². The molecule has 1 aromatic heterocycles. The molecule has 6 aromatic carbocycles. The second-order valence-corrected chi connectivity index (χ2v) is 34.7. The summed E-state index contributed by atoms with van der Waals surface area (Å²) in [6.45, 7) is 32.1. The zero-order chi connectivity index (χ0) is 58.2. The molecule has 2 nitrogen and oxygen atoms in total. The molecule has 3 heterocycles. The molecule has 6 fully saturated rings. The third-order valence-corrected chi connectivity index (χ3v) is 24.9. The molecule has 0 saturated heterocycles. The molecule has 6 saturated carbocycles. The second-order valence-electron chi connectivity index (χ2n) is 33.6. The van der Waals surface area contributed by atoms with E-state index in [0.29, 0.717) is 11.8 Å². The van der Waals surface area contributed by atoms with Crippen LogP contribution in [0.1, 0.15) is 262 Å². The van der Waals surface area contributed by atoms with Crippen molar-refractivity contribution in [3.63, 3.8) is 0 Å². The van der Waals surface area contributed by atoms with Crippen LogP contribution in [0.2, 0.25) is 0 Å². The highest BCUT2D eigenvalue weighted by atomic mass is 32.1. The van der Waals surface area contributed by atoms with Gasteiger partial charge < -0.3 is 9.80 Å². The molecule has 0 unspecified atom stereocenters. The standard InChI is InChI=1S/C80H97BN2S/c1-75(2,3)57-27-31-71-63(41-57)73-74(84-71)81-66-39-55(53-22-18-15-19-23-53)26-30-67(66)83(68-45-65-64(78(10,11)32-33-79(65,12)13)44-62(68)56-37-58(76(4,5)6)40-59(38-56)77(7,8)9)70-43-60(80-46-49-34-50(47-80)36-51(35-49)48-80)42-69(72(70)81)82(73)61-28-24-54(25-29-61)52-20-16-14-17-21-52/h24-31,37-45,49-53H,14-23,32-36,46-48H2,1-13H3. The lowest BCUT2D eigenvalue weighted by Gasteiger charge is -2.57. The molecule has 7 aliphatic carbocycles. The van der Waals surface area contributed by atoms with Crippen molar-refractivity contribution in [1.82, 2.24) is 0 Å². The third-order valence-electron chi connectivity index (χ3n) is 23.7. The van der Waals surface area contributed by atoms with E-state index in [0.717, 1.165) is 17.8 Å². The van der Waals surface area contributed by atoms with Gasteiger partial charge in [0.15, 0.2) is 0 Å². The van der Waals surface area contributed by atoms with Gasteiger partial charge in [-0.1, -0.05) is 177 Å². The Kier molecular flexibility index (Phi) is 12.9. The Balaban J connectivity index is 1.08. The van der Waals surface area contributed by atoms with Crippen molar-refractivity contribution in [2.24, 2.45) is 17.8 Å². The number of nitrogens with zero attached hydrogens (tertiary/aromatic N) is 2. The molecule has 0 spiro atoms. The van der Waals surface area contributed by atoms with E-state index in [-0.39, 0.29) is 39.2 Å². The summed E-state index contributed by atoms with van der Waals surface area (Å²) < 4.78 is 2.93. The Bertz CT molecular complexity index is 3690. The van der Waals surface area contributed by atoms with E-state index >= 15 is 0 Å². The largest absolute Gasteiger partial charge is 0.311 e. The SMILES string of the molecule is CC(C)(C)c1cc(-c2cc3c(cc2N2c4ccc(C5CCCCC5)cc4B4c5sc6ccc(C(C)(C)C)cc6c5N(c5ccc(C6CCCCC6)cc5)c5cc(C67CC8CC(CC(C8)C6)C7)cc2c54)C(C)(C)CCC3(C)C)cc(C(C)(C)C)c1. The van der Waals surface area contributed by atoms with Gasteiger partial charge in [-0.05, 0) is 255 Å². The van der Waals surface area contributed by atoms with Crippen molar-refractivity contribution in [2.45, 2.75) is 250 Å². The topological polar surface area (TPSA) is 6.48 Å². The van der Waals surface area contributed by atoms with Gasteiger partial charge in [-0.25, -0.2) is 0 Å². The van der Waals surface area contributed by atoms with Gasteiger partial charge in [0.1, 0.15) is 0 Å². The Morgan fingerprint density at radius 2 is 1.02 bits per heavy atom. The van der Waals surface area contributed by atoms with Crippen molar-refractivity contribution in [3.8, 4) is 11.1 Å². The fourth-order valence-electron chi connectivity index (χ4n) is 19.0. The van der Waals surface area contributed by atoms with Gasteiger partial charge in [-0.15, -0.1) is 11.3 Å². The maximum absolute atomic E-state index is 2.92. The average molecular weight is 1130 g/mol. The van der Waals surface area contributed by atoms with Gasteiger partial charge >= 0.3 is 0 Å². The molecule has 0 amide bonds. The summed E-state index contributed by atoms with van der Waals surface area (Å²) in [7, 11) is 0. The number of thiophene rings is 1. The highest BCUT2D eigenvalue weighted by molar-refractivity contribution is 7.33. The summed E-state index contributed by atoms with van der Waals surface area (Å²) in [4.78, 5) is 5.79. The van der Waals surface area contributed by atoms with Crippen LogP contribution < -0.4 is 25.5 Å². The van der Waals surface area contributed by atoms with Gasteiger partial charge in [0.05, 0.1) is 11.4 Å². The van der Waals surface area contributed by atoms with Crippen molar-refractivity contribution < 1.29 is 0 Å². The van der Waals surface area contributed by atoms with Crippen LogP contribution in [0, 0.1) is 17.8 Å². The summed E-state index contributed by atoms with van der Waals surface area (Å²) in [6.07, 6.45) is 24.0. The fraction of sp³-hybridized carbons (Fsp3) is 0.525. The quantitative estimate of drug-likeness (QED) is 0.153. The van der Waals surface area contributed by atoms with E-state index in [9.17, 15) is 0 Å². The smallest absolute Gasteiger partial charge is 0.264 e. The molecule has 436 valence electrons. The van der Waals surface area contributed by atoms with Gasteiger partial charge in [0.25, 0.3) is 6.71 Å². The van der Waals surface area contributed by atoms with Crippen LogP contribution >= 0.6 is 11.3 Å². The normalized spacial score (nSPS) is 24.5. The van der Waals surface area contributed by atoms with E-state index in [2.05, 4.69) is 214 Å². The molecule has 0 atom stereocenters. The second kappa shape index (κ2) is 19.5. The molecule has 4 bridgehead atoms. The highest BCUT2D eigenvalue weighted by Gasteiger charge is 2.54. The van der Waals surface area contributed by atoms with E-state index in [1.54, 1.807) is 11.1 Å². The molecule has 4 heteroatoms. The molecule has 7 aromatic rings. The van der Waals surface area contributed by atoms with Crippen molar-refractivity contribution >= 4 is 78.0 Å². The minimum atomic E-state index is -0.0228. The zero-order valence-electron chi connectivity index (χ0n) is 53.8. The number of anilines is 6. The van der Waals surface area contributed by atoms with Crippen molar-refractivity contribution in [3.05, 3.63) is 148 Å². The first-order valence-corrected chi connectivity index (χ1v) is 34.7. The summed E-state index contributed by atoms with van der Waals surface area (Å²) in [6, 6.07) is 44.9. The predicted molar refractivity (Wildman–Crippen MR) is 364 cm³/mol. The summed E-state index contributed by atoms with van der Waals surface area (Å²) in [5.74, 6) is 3.76. The first-order chi connectivity index (χ1) is 39.9. The van der Waals surface area contributed by atoms with Crippen molar-refractivity contribution in [1.29, 1.82) is 0 Å². The summed E-state index contributed by atoms with van der Waals surface area (Å²) in [5.41, 5.74) is 26.4. The molecule has 0 N–H and O–H groups in total. The van der Waals surface area contributed by atoms with Crippen LogP contribution in [0.4, 0.5) is 34.1 Å². The van der Waals surface area contributed by atoms with Crippen LogP contribution in [-0.2, 0) is 32.5 Å². The third kappa shape index (κ3) is 9.09. The van der Waals surface area contributed by atoms with Gasteiger partial charge in [-0.2, -0.15) is 0 Å². The van der Waals surface area contributed by atoms with Gasteiger partial charge in [0, 0.05) is 43.2 Å². The molecular formula is C80H97BN2S. The lowest BCUT2D eigenvalue weighted by Crippen LogP contribution is -2.61. The maximum atomic E-state index is 2.92. The predicted octanol–water partition coefficient (Wildman–Crippen LogP) is 21.5. The fourth-order valence-corrected chi connectivity index (χ4v) is 20.3. The Morgan fingerprint density at radius 1 is 0.488 bits per heavy atom. The first-order valence-electron chi connectivity index (χ1n) is 33.9. The number of hydrogen-bond acceptors (Lipinski definition) is 3. The van der Waals surface area contributed by atoms with Crippen LogP contribution in [0.3, 0.4) is 0 Å². The number of fused-ring (bicyclic) bond motifs is 7. The van der Waals surface area contributed by atoms with E-state index in [1.807, 2.05) is 0 Å². The van der Waals surface area contributed by atoms with Crippen LogP contribution in [-0.4, -0.2) is 6.71 Å². The van der Waals surface area contributed by atoms with Crippen molar-refractivity contribution in [2.75, 3.05) is 9.80 Å². The monoisotopic (exact) mass is 1130 g/mol. The summed E-state index contributed by atoms with van der Waals surface area (Å²) >= 11 is 2.10. The number of hydrogen-bond donors (Lipinski definition) is 0. The lowest BCUT2D eigenvalue weighted by molar-refractivity contribution is -0.00514. The van der Waals surface area contributed by atoms with Crippen LogP contribution in [0.25, 0.3) is 21.2 Å². The van der Waals surface area contributed by atoms with Crippen LogP contribution in [0.5, 0.6) is 0 Å². The summed E-state index contributed by atoms with van der Waals surface area (Å²) in [5, 5.41) is 1.42. The van der Waals surface area contributed by atoms with Crippen LogP contribution in [0.15, 0.2) is 103 Å². The minimum absolute atomic E-state index is 0.0180. The molecule has 2 aliphatic heterocycles. The van der Waals surface area contributed by atoms with E-state index in [1.165, 1.54) is 220 Å². The van der Waals surface area contributed by atoms with E-state index < -0.39 is 0 Å². The molecule has 0 radical (unpaired) electrons. The zero-order valence-corrected chi connectivity index (χ0v) is 54.6. The number of rotatable bonds is 6. The molecular weight excluding hydrogens is 1030 g/mol. The number of benzene rings is 6. The highest BCUT2D eigenvalue weighted by Crippen LogP contribution is 2.63. The first kappa shape index (κ1) is 55.5.